The van der Waals surface area contributed by atoms with Crippen molar-refractivity contribution in [2.24, 2.45) is 4.99 Å². The second-order valence-corrected chi connectivity index (χ2v) is 8.51. The average Bonchev–Trinajstić information content (AvgIpc) is 2.96. The predicted octanol–water partition coefficient (Wildman–Crippen LogP) is 5.90. The third-order valence-electron chi connectivity index (χ3n) is 6.69. The van der Waals surface area contributed by atoms with Crippen LogP contribution in [0.5, 0.6) is 11.5 Å². The van der Waals surface area contributed by atoms with E-state index >= 15 is 0 Å². The first kappa shape index (κ1) is 19.7. The zero-order valence-corrected chi connectivity index (χ0v) is 18.4. The highest BCUT2D eigenvalue weighted by atomic mass is 16.5. The normalized spacial score (nSPS) is 19.8. The number of anilines is 1. The second kappa shape index (κ2) is 7.77. The van der Waals surface area contributed by atoms with Crippen LogP contribution in [0.3, 0.4) is 0 Å². The molecular formula is C27H28N2O2. The van der Waals surface area contributed by atoms with Crippen molar-refractivity contribution in [3.05, 3.63) is 83.4 Å². The lowest BCUT2D eigenvalue weighted by Gasteiger charge is -2.45. The van der Waals surface area contributed by atoms with Crippen LogP contribution in [0.1, 0.15) is 36.5 Å². The number of aryl methyl sites for hydroxylation is 1. The third-order valence-corrected chi connectivity index (χ3v) is 6.69. The Balaban J connectivity index is 1.69. The van der Waals surface area contributed by atoms with Crippen LogP contribution in [0.2, 0.25) is 0 Å². The molecule has 0 N–H and O–H groups in total. The van der Waals surface area contributed by atoms with E-state index in [0.29, 0.717) is 0 Å². The topological polar surface area (TPSA) is 34.1 Å². The van der Waals surface area contributed by atoms with E-state index in [4.69, 9.17) is 14.5 Å². The number of para-hydroxylation sites is 1. The maximum Gasteiger partial charge on any atom is 0.118 e. The summed E-state index contributed by atoms with van der Waals surface area (Å²) in [5, 5.41) is 0. The fraction of sp³-hybridized carbons (Fsp3) is 0.296. The summed E-state index contributed by atoms with van der Waals surface area (Å²) in [5.41, 5.74) is 7.05. The van der Waals surface area contributed by atoms with Crippen LogP contribution in [0.4, 0.5) is 11.4 Å². The lowest BCUT2D eigenvalue weighted by molar-refractivity contribution is 0.412. The van der Waals surface area contributed by atoms with Crippen molar-refractivity contribution in [3.8, 4) is 11.5 Å². The summed E-state index contributed by atoms with van der Waals surface area (Å²) in [6.45, 7) is 3.38. The lowest BCUT2D eigenvalue weighted by atomic mass is 9.81. The van der Waals surface area contributed by atoms with Crippen molar-refractivity contribution in [3.63, 3.8) is 0 Å². The fourth-order valence-electron chi connectivity index (χ4n) is 4.98. The molecule has 2 aliphatic rings. The summed E-state index contributed by atoms with van der Waals surface area (Å²) in [7, 11) is 3.41. The number of hydrogen-bond donors (Lipinski definition) is 0. The Morgan fingerprint density at radius 3 is 2.23 bits per heavy atom. The quantitative estimate of drug-likeness (QED) is 0.535. The molecule has 31 heavy (non-hydrogen) atoms. The molecule has 4 nitrogen and oxygen atoms in total. The molecule has 3 aromatic carbocycles. The van der Waals surface area contributed by atoms with Crippen molar-refractivity contribution in [2.75, 3.05) is 25.7 Å². The first-order chi connectivity index (χ1) is 15.1. The van der Waals surface area contributed by atoms with E-state index in [0.717, 1.165) is 54.3 Å². The van der Waals surface area contributed by atoms with Crippen LogP contribution in [0, 0.1) is 0 Å². The Hall–Kier alpha value is -3.27. The van der Waals surface area contributed by atoms with Gasteiger partial charge in [0.1, 0.15) is 11.5 Å². The lowest BCUT2D eigenvalue weighted by Crippen LogP contribution is -2.47. The summed E-state index contributed by atoms with van der Waals surface area (Å²) in [4.78, 5) is 7.81. The molecule has 0 saturated carbocycles. The van der Waals surface area contributed by atoms with E-state index in [9.17, 15) is 0 Å². The number of methoxy groups -OCH3 is 2. The van der Waals surface area contributed by atoms with E-state index in [1.165, 1.54) is 16.8 Å². The summed E-state index contributed by atoms with van der Waals surface area (Å²) >= 11 is 0. The maximum absolute atomic E-state index is 5.42. The van der Waals surface area contributed by atoms with Crippen LogP contribution < -0.4 is 14.4 Å². The number of hydrogen-bond acceptors (Lipinski definition) is 4. The zero-order chi connectivity index (χ0) is 21.4. The minimum atomic E-state index is -0.215. The van der Waals surface area contributed by atoms with Gasteiger partial charge in [-0.2, -0.15) is 0 Å². The van der Waals surface area contributed by atoms with Crippen molar-refractivity contribution in [2.45, 2.75) is 31.7 Å². The molecule has 5 rings (SSSR count). The minimum Gasteiger partial charge on any atom is -0.497 e. The standard InChI is InChI=1S/C27H28N2O2/c1-27(21-11-15-23(31-3)16-12-21)18-25(19-9-13-22(30-2)14-10-19)28-24-8-4-6-20-7-5-17-29(27)26(20)24/h4,6,8-16H,5,7,17-18H2,1-3H3. The van der Waals surface area contributed by atoms with Gasteiger partial charge in [-0.3, -0.25) is 4.99 Å². The van der Waals surface area contributed by atoms with Crippen molar-refractivity contribution < 1.29 is 9.47 Å². The maximum atomic E-state index is 5.42. The summed E-state index contributed by atoms with van der Waals surface area (Å²) in [5.74, 6) is 1.74. The van der Waals surface area contributed by atoms with Gasteiger partial charge in [0.25, 0.3) is 0 Å². The van der Waals surface area contributed by atoms with Gasteiger partial charge in [0.15, 0.2) is 0 Å². The molecule has 0 radical (unpaired) electrons. The van der Waals surface area contributed by atoms with E-state index in [1.807, 2.05) is 12.1 Å². The Bertz CT molecular complexity index is 1120. The highest BCUT2D eigenvalue weighted by molar-refractivity contribution is 6.05. The minimum absolute atomic E-state index is 0.215. The molecule has 4 heteroatoms. The Morgan fingerprint density at radius 2 is 1.55 bits per heavy atom. The smallest absolute Gasteiger partial charge is 0.118 e. The molecule has 158 valence electrons. The van der Waals surface area contributed by atoms with E-state index < -0.39 is 0 Å². The van der Waals surface area contributed by atoms with Crippen LogP contribution in [-0.2, 0) is 12.0 Å². The van der Waals surface area contributed by atoms with Crippen LogP contribution >= 0.6 is 0 Å². The number of nitrogens with zero attached hydrogens (tertiary/aromatic N) is 2. The summed E-state index contributed by atoms with van der Waals surface area (Å²) < 4.78 is 10.8. The number of aliphatic imine (C=N–C) groups is 1. The highest BCUT2D eigenvalue weighted by Gasteiger charge is 2.40. The Labute approximate surface area is 184 Å². The molecule has 0 bridgehead atoms. The van der Waals surface area contributed by atoms with E-state index in [2.05, 4.69) is 66.4 Å². The molecule has 0 fully saturated rings. The monoisotopic (exact) mass is 412 g/mol. The average molecular weight is 413 g/mol. The molecule has 0 spiro atoms. The largest absolute Gasteiger partial charge is 0.497 e. The molecule has 1 unspecified atom stereocenters. The van der Waals surface area contributed by atoms with E-state index in [-0.39, 0.29) is 5.54 Å². The van der Waals surface area contributed by atoms with Gasteiger partial charge in [0.05, 0.1) is 36.8 Å². The van der Waals surface area contributed by atoms with Gasteiger partial charge in [-0.15, -0.1) is 0 Å². The van der Waals surface area contributed by atoms with Gasteiger partial charge in [0.2, 0.25) is 0 Å². The first-order valence-electron chi connectivity index (χ1n) is 10.9. The summed E-state index contributed by atoms with van der Waals surface area (Å²) in [6, 6.07) is 23.3. The number of ether oxygens (including phenoxy) is 2. The molecule has 2 heterocycles. The third kappa shape index (κ3) is 3.36. The van der Waals surface area contributed by atoms with Gasteiger partial charge in [-0.1, -0.05) is 24.3 Å². The number of benzene rings is 3. The Morgan fingerprint density at radius 1 is 0.871 bits per heavy atom. The molecule has 2 aliphatic heterocycles. The molecule has 3 aromatic rings. The second-order valence-electron chi connectivity index (χ2n) is 8.51. The van der Waals surface area contributed by atoms with Crippen LogP contribution in [-0.4, -0.2) is 26.5 Å². The predicted molar refractivity (Wildman–Crippen MR) is 126 cm³/mol. The molecule has 0 saturated heterocycles. The summed E-state index contributed by atoms with van der Waals surface area (Å²) in [6.07, 6.45) is 3.07. The highest BCUT2D eigenvalue weighted by Crippen LogP contribution is 2.48. The van der Waals surface area contributed by atoms with Crippen LogP contribution in [0.25, 0.3) is 0 Å². The van der Waals surface area contributed by atoms with Gasteiger partial charge in [-0.25, -0.2) is 0 Å². The molecule has 0 aromatic heterocycles. The van der Waals surface area contributed by atoms with Gasteiger partial charge in [0, 0.05) is 13.0 Å². The van der Waals surface area contributed by atoms with Gasteiger partial charge >= 0.3 is 0 Å². The van der Waals surface area contributed by atoms with Crippen molar-refractivity contribution >= 4 is 17.1 Å². The first-order valence-corrected chi connectivity index (χ1v) is 10.9. The van der Waals surface area contributed by atoms with Gasteiger partial charge in [-0.05, 0) is 78.9 Å². The number of rotatable bonds is 4. The van der Waals surface area contributed by atoms with E-state index in [1.54, 1.807) is 14.2 Å². The molecular weight excluding hydrogens is 384 g/mol. The molecule has 1 atom stereocenters. The molecule has 0 aliphatic carbocycles. The van der Waals surface area contributed by atoms with Gasteiger partial charge < -0.3 is 14.4 Å². The zero-order valence-electron chi connectivity index (χ0n) is 18.4. The fourth-order valence-corrected chi connectivity index (χ4v) is 4.98. The van der Waals surface area contributed by atoms with Crippen molar-refractivity contribution in [1.29, 1.82) is 0 Å². The van der Waals surface area contributed by atoms with Crippen molar-refractivity contribution in [1.82, 2.24) is 0 Å². The molecule has 0 amide bonds. The van der Waals surface area contributed by atoms with Crippen LogP contribution in [0.15, 0.2) is 71.7 Å². The SMILES string of the molecule is COc1ccc(C2=Nc3cccc4c3N(CCC4)C(C)(c3ccc(OC)cc3)C2)cc1. The Kier molecular flexibility index (Phi) is 4.93.